The molecular formula is C12H23N3. The highest BCUT2D eigenvalue weighted by atomic mass is 15.3. The third-order valence-electron chi connectivity index (χ3n) is 2.81. The van der Waals surface area contributed by atoms with E-state index in [0.29, 0.717) is 5.41 Å². The van der Waals surface area contributed by atoms with E-state index in [1.165, 1.54) is 12.1 Å². The quantitative estimate of drug-likeness (QED) is 0.803. The molecule has 1 aromatic rings. The predicted octanol–water partition coefficient (Wildman–Crippen LogP) is 1.91. The van der Waals surface area contributed by atoms with E-state index in [0.717, 1.165) is 18.7 Å². The molecule has 0 aliphatic carbocycles. The van der Waals surface area contributed by atoms with Gasteiger partial charge < -0.3 is 5.32 Å². The van der Waals surface area contributed by atoms with Gasteiger partial charge in [-0.3, -0.25) is 4.68 Å². The zero-order chi connectivity index (χ0) is 11.5. The first-order valence-corrected chi connectivity index (χ1v) is 5.59. The summed E-state index contributed by atoms with van der Waals surface area (Å²) < 4.78 is 2.00. The molecule has 0 saturated heterocycles. The maximum atomic E-state index is 4.38. The van der Waals surface area contributed by atoms with Gasteiger partial charge in [-0.05, 0) is 44.8 Å². The highest BCUT2D eigenvalue weighted by Crippen LogP contribution is 2.25. The molecule has 0 aromatic carbocycles. The average molecular weight is 209 g/mol. The lowest BCUT2D eigenvalue weighted by molar-refractivity contribution is 0.321. The molecule has 1 N–H and O–H groups in total. The van der Waals surface area contributed by atoms with Crippen LogP contribution in [0.25, 0.3) is 0 Å². The monoisotopic (exact) mass is 209 g/mol. The standard InChI is InChI=1S/C12H23N3/c1-10-8-11(15(5)14-10)9-12(2,3)6-7-13-4/h8,13H,6-7,9H2,1-5H3. The number of hydrogen-bond donors (Lipinski definition) is 1. The van der Waals surface area contributed by atoms with Crippen LogP contribution in [-0.2, 0) is 13.5 Å². The van der Waals surface area contributed by atoms with Crippen molar-refractivity contribution in [2.75, 3.05) is 13.6 Å². The van der Waals surface area contributed by atoms with E-state index in [4.69, 9.17) is 0 Å². The molecule has 0 aliphatic heterocycles. The van der Waals surface area contributed by atoms with Crippen LogP contribution in [0.4, 0.5) is 0 Å². The lowest BCUT2D eigenvalue weighted by atomic mass is 9.84. The van der Waals surface area contributed by atoms with E-state index in [9.17, 15) is 0 Å². The second kappa shape index (κ2) is 4.79. The van der Waals surface area contributed by atoms with Crippen LogP contribution in [-0.4, -0.2) is 23.4 Å². The fourth-order valence-corrected chi connectivity index (χ4v) is 1.87. The average Bonchev–Trinajstić information content (AvgIpc) is 2.41. The first-order chi connectivity index (χ1) is 6.94. The van der Waals surface area contributed by atoms with Crippen LogP contribution in [0.3, 0.4) is 0 Å². The van der Waals surface area contributed by atoms with Crippen molar-refractivity contribution < 1.29 is 0 Å². The van der Waals surface area contributed by atoms with Crippen LogP contribution < -0.4 is 5.32 Å². The molecule has 0 bridgehead atoms. The fraction of sp³-hybridized carbons (Fsp3) is 0.750. The highest BCUT2D eigenvalue weighted by Gasteiger charge is 2.19. The van der Waals surface area contributed by atoms with Crippen molar-refractivity contribution in [2.24, 2.45) is 12.5 Å². The summed E-state index contributed by atoms with van der Waals surface area (Å²) in [6.45, 7) is 7.74. The Morgan fingerprint density at radius 1 is 1.47 bits per heavy atom. The molecular weight excluding hydrogens is 186 g/mol. The molecule has 0 amide bonds. The molecule has 0 aliphatic rings. The number of rotatable bonds is 5. The second-order valence-electron chi connectivity index (χ2n) is 5.10. The number of nitrogens with one attached hydrogen (secondary N) is 1. The smallest absolute Gasteiger partial charge is 0.0596 e. The van der Waals surface area contributed by atoms with E-state index in [-0.39, 0.29) is 0 Å². The largest absolute Gasteiger partial charge is 0.320 e. The molecule has 3 heteroatoms. The summed E-state index contributed by atoms with van der Waals surface area (Å²) >= 11 is 0. The van der Waals surface area contributed by atoms with Crippen molar-refractivity contribution in [3.05, 3.63) is 17.5 Å². The molecule has 0 radical (unpaired) electrons. The lowest BCUT2D eigenvalue weighted by Crippen LogP contribution is -2.22. The van der Waals surface area contributed by atoms with Gasteiger partial charge in [0.2, 0.25) is 0 Å². The van der Waals surface area contributed by atoms with Gasteiger partial charge in [0.05, 0.1) is 5.69 Å². The summed E-state index contributed by atoms with van der Waals surface area (Å²) in [5, 5.41) is 7.58. The summed E-state index contributed by atoms with van der Waals surface area (Å²) in [7, 11) is 4.03. The van der Waals surface area contributed by atoms with E-state index >= 15 is 0 Å². The lowest BCUT2D eigenvalue weighted by Gasteiger charge is -2.24. The van der Waals surface area contributed by atoms with E-state index in [2.05, 4.69) is 30.3 Å². The third-order valence-corrected chi connectivity index (χ3v) is 2.81. The SMILES string of the molecule is CNCCC(C)(C)Cc1cc(C)nn1C. The van der Waals surface area contributed by atoms with Gasteiger partial charge in [0.15, 0.2) is 0 Å². The number of hydrogen-bond acceptors (Lipinski definition) is 2. The topological polar surface area (TPSA) is 29.9 Å². The maximum Gasteiger partial charge on any atom is 0.0596 e. The summed E-state index contributed by atoms with van der Waals surface area (Å²) in [5.74, 6) is 0. The molecule has 0 unspecified atom stereocenters. The van der Waals surface area contributed by atoms with Gasteiger partial charge in [-0.1, -0.05) is 13.8 Å². The van der Waals surface area contributed by atoms with Crippen molar-refractivity contribution in [2.45, 2.75) is 33.6 Å². The minimum atomic E-state index is 0.337. The van der Waals surface area contributed by atoms with Crippen LogP contribution in [0, 0.1) is 12.3 Å². The molecule has 15 heavy (non-hydrogen) atoms. The summed E-state index contributed by atoms with van der Waals surface area (Å²) in [6.07, 6.45) is 2.28. The molecule has 1 rings (SSSR count). The van der Waals surface area contributed by atoms with Crippen LogP contribution in [0.5, 0.6) is 0 Å². The van der Waals surface area contributed by atoms with Crippen LogP contribution in [0.15, 0.2) is 6.07 Å². The first-order valence-electron chi connectivity index (χ1n) is 5.59. The second-order valence-corrected chi connectivity index (χ2v) is 5.10. The summed E-state index contributed by atoms with van der Waals surface area (Å²) in [5.41, 5.74) is 2.77. The number of aryl methyl sites for hydroxylation is 2. The number of aromatic nitrogens is 2. The van der Waals surface area contributed by atoms with Gasteiger partial charge in [-0.15, -0.1) is 0 Å². The third kappa shape index (κ3) is 3.67. The molecule has 0 atom stereocenters. The van der Waals surface area contributed by atoms with Crippen molar-refractivity contribution in [1.29, 1.82) is 0 Å². The van der Waals surface area contributed by atoms with E-state index < -0.39 is 0 Å². The van der Waals surface area contributed by atoms with Crippen molar-refractivity contribution in [3.8, 4) is 0 Å². The predicted molar refractivity (Wildman–Crippen MR) is 64.0 cm³/mol. The van der Waals surface area contributed by atoms with Gasteiger partial charge in [0, 0.05) is 12.7 Å². The first kappa shape index (κ1) is 12.2. The van der Waals surface area contributed by atoms with Gasteiger partial charge in [0.1, 0.15) is 0 Å². The Hall–Kier alpha value is -0.830. The minimum absolute atomic E-state index is 0.337. The Bertz CT molecular complexity index is 313. The molecule has 1 heterocycles. The van der Waals surface area contributed by atoms with Gasteiger partial charge in [0.25, 0.3) is 0 Å². The number of nitrogens with zero attached hydrogens (tertiary/aromatic N) is 2. The van der Waals surface area contributed by atoms with Crippen LogP contribution >= 0.6 is 0 Å². The molecule has 3 nitrogen and oxygen atoms in total. The highest BCUT2D eigenvalue weighted by molar-refractivity contribution is 5.10. The minimum Gasteiger partial charge on any atom is -0.320 e. The van der Waals surface area contributed by atoms with Gasteiger partial charge in [-0.25, -0.2) is 0 Å². The normalized spacial score (nSPS) is 12.1. The van der Waals surface area contributed by atoms with Gasteiger partial charge >= 0.3 is 0 Å². The Balaban J connectivity index is 2.63. The summed E-state index contributed by atoms with van der Waals surface area (Å²) in [4.78, 5) is 0. The zero-order valence-electron chi connectivity index (χ0n) is 10.6. The van der Waals surface area contributed by atoms with E-state index in [1.807, 2.05) is 25.7 Å². The Morgan fingerprint density at radius 2 is 2.13 bits per heavy atom. The fourth-order valence-electron chi connectivity index (χ4n) is 1.87. The van der Waals surface area contributed by atoms with Crippen LogP contribution in [0.1, 0.15) is 31.7 Å². The Morgan fingerprint density at radius 3 is 2.60 bits per heavy atom. The van der Waals surface area contributed by atoms with Crippen molar-refractivity contribution >= 4 is 0 Å². The van der Waals surface area contributed by atoms with Crippen molar-refractivity contribution in [1.82, 2.24) is 15.1 Å². The molecule has 1 aromatic heterocycles. The molecule has 0 spiro atoms. The van der Waals surface area contributed by atoms with E-state index in [1.54, 1.807) is 0 Å². The molecule has 0 fully saturated rings. The van der Waals surface area contributed by atoms with Crippen LogP contribution in [0.2, 0.25) is 0 Å². The maximum absolute atomic E-state index is 4.38. The molecule has 0 saturated carbocycles. The Labute approximate surface area is 92.9 Å². The van der Waals surface area contributed by atoms with Crippen molar-refractivity contribution in [3.63, 3.8) is 0 Å². The van der Waals surface area contributed by atoms with Gasteiger partial charge in [-0.2, -0.15) is 5.10 Å². The zero-order valence-corrected chi connectivity index (χ0v) is 10.6. The molecule has 86 valence electrons. The summed E-state index contributed by atoms with van der Waals surface area (Å²) in [6, 6.07) is 2.18. The Kier molecular flexibility index (Phi) is 3.91.